The number of aromatic nitrogens is 2. The van der Waals surface area contributed by atoms with Crippen LogP contribution < -0.4 is 10.1 Å². The van der Waals surface area contributed by atoms with Crippen LogP contribution in [0.4, 0.5) is 8.78 Å². The van der Waals surface area contributed by atoms with Gasteiger partial charge in [-0.1, -0.05) is 12.1 Å². The summed E-state index contributed by atoms with van der Waals surface area (Å²) in [6.07, 6.45) is 2.61. The molecular formula is C17H24F2IN5O. The first kappa shape index (κ1) is 22.1. The van der Waals surface area contributed by atoms with Crippen molar-refractivity contribution in [2.75, 3.05) is 20.7 Å². The van der Waals surface area contributed by atoms with E-state index in [1.165, 1.54) is 12.4 Å². The van der Waals surface area contributed by atoms with Gasteiger partial charge in [-0.3, -0.25) is 4.57 Å². The highest BCUT2D eigenvalue weighted by atomic mass is 127. The molecule has 0 atom stereocenters. The quantitative estimate of drug-likeness (QED) is 0.376. The topological polar surface area (TPSA) is 54.7 Å². The second kappa shape index (κ2) is 10.9. The lowest BCUT2D eigenvalue weighted by molar-refractivity contribution is 0.0671. The van der Waals surface area contributed by atoms with Crippen molar-refractivity contribution in [3.8, 4) is 5.75 Å². The predicted molar refractivity (Wildman–Crippen MR) is 108 cm³/mol. The van der Waals surface area contributed by atoms with E-state index in [1.807, 2.05) is 43.1 Å². The van der Waals surface area contributed by atoms with Crippen LogP contribution in [0.5, 0.6) is 5.75 Å². The van der Waals surface area contributed by atoms with Crippen molar-refractivity contribution < 1.29 is 13.5 Å². The molecule has 26 heavy (non-hydrogen) atoms. The summed E-state index contributed by atoms with van der Waals surface area (Å²) in [6.45, 7) is 0.713. The molecule has 0 amide bonds. The number of aliphatic imine (C=N–C) groups is 1. The zero-order chi connectivity index (χ0) is 18.2. The highest BCUT2D eigenvalue weighted by Crippen LogP contribution is 2.14. The Balaban J connectivity index is 0.00000338. The first-order valence-electron chi connectivity index (χ1n) is 7.97. The van der Waals surface area contributed by atoms with E-state index in [1.54, 1.807) is 7.11 Å². The number of alkyl halides is 2. The smallest absolute Gasteiger partial charge is 0.319 e. The van der Waals surface area contributed by atoms with Gasteiger partial charge in [0.2, 0.25) is 0 Å². The summed E-state index contributed by atoms with van der Waals surface area (Å²) in [5, 5.41) is 3.16. The van der Waals surface area contributed by atoms with Crippen molar-refractivity contribution in [2.24, 2.45) is 4.99 Å². The van der Waals surface area contributed by atoms with Crippen LogP contribution in [0.2, 0.25) is 0 Å². The number of rotatable bonds is 7. The van der Waals surface area contributed by atoms with E-state index in [0.29, 0.717) is 19.0 Å². The van der Waals surface area contributed by atoms with Crippen LogP contribution in [0.1, 0.15) is 24.9 Å². The van der Waals surface area contributed by atoms with E-state index in [0.717, 1.165) is 15.9 Å². The molecule has 0 aliphatic heterocycles. The maximum absolute atomic E-state index is 12.9. The average Bonchev–Trinajstić information content (AvgIpc) is 3.08. The molecule has 2 rings (SSSR count). The summed E-state index contributed by atoms with van der Waals surface area (Å²) in [4.78, 5) is 10.3. The van der Waals surface area contributed by atoms with Crippen LogP contribution in [-0.2, 0) is 13.1 Å². The second-order valence-corrected chi connectivity index (χ2v) is 5.40. The summed E-state index contributed by atoms with van der Waals surface area (Å²) < 4.78 is 31.7. The molecule has 0 aliphatic rings. The summed E-state index contributed by atoms with van der Waals surface area (Å²) in [5.74, 6) is 1.65. The van der Waals surface area contributed by atoms with Gasteiger partial charge in [0, 0.05) is 32.5 Å². The third-order valence-electron chi connectivity index (χ3n) is 3.60. The summed E-state index contributed by atoms with van der Waals surface area (Å²) >= 11 is 0. The molecule has 0 aliphatic carbocycles. The summed E-state index contributed by atoms with van der Waals surface area (Å²) in [7, 11) is 3.52. The summed E-state index contributed by atoms with van der Waals surface area (Å²) in [6, 6.07) is 7.74. The zero-order valence-electron chi connectivity index (χ0n) is 15.0. The molecule has 0 fully saturated rings. The van der Waals surface area contributed by atoms with Gasteiger partial charge in [0.1, 0.15) is 18.1 Å². The third kappa shape index (κ3) is 6.11. The molecule has 9 heteroatoms. The Kier molecular flexibility index (Phi) is 9.31. The van der Waals surface area contributed by atoms with Crippen LogP contribution in [-0.4, -0.2) is 41.1 Å². The minimum atomic E-state index is -2.62. The Bertz CT molecular complexity index is 691. The number of hydrogen-bond acceptors (Lipinski definition) is 3. The molecule has 0 saturated carbocycles. The van der Waals surface area contributed by atoms with Crippen molar-refractivity contribution in [3.05, 3.63) is 48.0 Å². The molecule has 2 aromatic rings. The molecule has 1 N–H and O–H groups in total. The fourth-order valence-corrected chi connectivity index (χ4v) is 2.34. The normalized spacial score (nSPS) is 11.2. The largest absolute Gasteiger partial charge is 0.497 e. The van der Waals surface area contributed by atoms with Crippen molar-refractivity contribution in [2.45, 2.75) is 26.6 Å². The maximum atomic E-state index is 12.9. The lowest BCUT2D eigenvalue weighted by Gasteiger charge is -2.22. The lowest BCUT2D eigenvalue weighted by Crippen LogP contribution is -2.38. The van der Waals surface area contributed by atoms with Crippen molar-refractivity contribution in [1.29, 1.82) is 0 Å². The first-order chi connectivity index (χ1) is 12.0. The molecular weight excluding hydrogens is 455 g/mol. The molecule has 0 radical (unpaired) electrons. The Labute approximate surface area is 169 Å². The molecule has 144 valence electrons. The molecule has 0 unspecified atom stereocenters. The van der Waals surface area contributed by atoms with E-state index >= 15 is 0 Å². The SMILES string of the molecule is CCNC(=NCc1nccn1C(F)F)N(C)Cc1ccc(OC)cc1.I. The minimum absolute atomic E-state index is 0. The fraction of sp³-hybridized carbons (Fsp3) is 0.412. The highest BCUT2D eigenvalue weighted by molar-refractivity contribution is 14.0. The molecule has 1 heterocycles. The van der Waals surface area contributed by atoms with Crippen LogP contribution in [0.3, 0.4) is 0 Å². The van der Waals surface area contributed by atoms with Gasteiger partial charge in [-0.2, -0.15) is 8.78 Å². The van der Waals surface area contributed by atoms with Crippen LogP contribution in [0.25, 0.3) is 0 Å². The number of hydrogen-bond donors (Lipinski definition) is 1. The van der Waals surface area contributed by atoms with Crippen molar-refractivity contribution in [3.63, 3.8) is 0 Å². The van der Waals surface area contributed by atoms with Crippen molar-refractivity contribution >= 4 is 29.9 Å². The van der Waals surface area contributed by atoms with Gasteiger partial charge in [-0.25, -0.2) is 9.98 Å². The Morgan fingerprint density at radius 1 is 1.35 bits per heavy atom. The van der Waals surface area contributed by atoms with Gasteiger partial charge in [-0.05, 0) is 24.6 Å². The van der Waals surface area contributed by atoms with Crippen LogP contribution in [0, 0.1) is 0 Å². The number of ether oxygens (including phenoxy) is 1. The maximum Gasteiger partial charge on any atom is 0.319 e. The summed E-state index contributed by atoms with van der Waals surface area (Å²) in [5.41, 5.74) is 1.09. The number of nitrogens with one attached hydrogen (secondary N) is 1. The fourth-order valence-electron chi connectivity index (χ4n) is 2.34. The number of guanidine groups is 1. The molecule has 0 spiro atoms. The number of methoxy groups -OCH3 is 1. The predicted octanol–water partition coefficient (Wildman–Crippen LogP) is 3.50. The first-order valence-corrected chi connectivity index (χ1v) is 7.97. The molecule has 0 saturated heterocycles. The average molecular weight is 479 g/mol. The Hall–Kier alpha value is -1.91. The van der Waals surface area contributed by atoms with E-state index in [9.17, 15) is 8.78 Å². The van der Waals surface area contributed by atoms with E-state index in [-0.39, 0.29) is 36.3 Å². The highest BCUT2D eigenvalue weighted by Gasteiger charge is 2.12. The van der Waals surface area contributed by atoms with Gasteiger partial charge in [0.25, 0.3) is 0 Å². The molecule has 0 bridgehead atoms. The number of imidazole rings is 1. The van der Waals surface area contributed by atoms with Gasteiger partial charge in [-0.15, -0.1) is 24.0 Å². The number of nitrogens with zero attached hydrogens (tertiary/aromatic N) is 4. The molecule has 1 aromatic carbocycles. The van der Waals surface area contributed by atoms with E-state index < -0.39 is 6.55 Å². The Morgan fingerprint density at radius 2 is 2.04 bits per heavy atom. The van der Waals surface area contributed by atoms with E-state index in [2.05, 4.69) is 15.3 Å². The second-order valence-electron chi connectivity index (χ2n) is 5.40. The Morgan fingerprint density at radius 3 is 2.62 bits per heavy atom. The van der Waals surface area contributed by atoms with Gasteiger partial charge in [0.15, 0.2) is 5.96 Å². The monoisotopic (exact) mass is 479 g/mol. The van der Waals surface area contributed by atoms with Crippen LogP contribution in [0.15, 0.2) is 41.7 Å². The van der Waals surface area contributed by atoms with Gasteiger partial charge in [0.05, 0.1) is 7.11 Å². The third-order valence-corrected chi connectivity index (χ3v) is 3.60. The molecule has 1 aromatic heterocycles. The zero-order valence-corrected chi connectivity index (χ0v) is 17.4. The minimum Gasteiger partial charge on any atom is -0.497 e. The lowest BCUT2D eigenvalue weighted by atomic mass is 10.2. The van der Waals surface area contributed by atoms with Gasteiger partial charge >= 0.3 is 6.55 Å². The number of benzene rings is 1. The van der Waals surface area contributed by atoms with Crippen molar-refractivity contribution in [1.82, 2.24) is 19.8 Å². The number of halogens is 3. The van der Waals surface area contributed by atoms with E-state index in [4.69, 9.17) is 4.74 Å². The standard InChI is InChI=1S/C17H23F2N5O.HI/c1-4-20-17(22-11-15-21-9-10-24(15)16(18)19)23(2)12-13-5-7-14(25-3)8-6-13;/h5-10,16H,4,11-12H2,1-3H3,(H,20,22);1H. The van der Waals surface area contributed by atoms with Gasteiger partial charge < -0.3 is 15.0 Å². The molecule has 6 nitrogen and oxygen atoms in total. The van der Waals surface area contributed by atoms with Crippen LogP contribution >= 0.6 is 24.0 Å².